The Bertz CT molecular complexity index is 318. The van der Waals surface area contributed by atoms with Crippen molar-refractivity contribution in [3.05, 3.63) is 0 Å². The zero-order valence-electron chi connectivity index (χ0n) is 9.51. The van der Waals surface area contributed by atoms with Gasteiger partial charge in [-0.2, -0.15) is 0 Å². The monoisotopic (exact) mass is 247 g/mol. The molecule has 92 valence electrons. The number of aliphatic carboxylic acids is 1. The van der Waals surface area contributed by atoms with Crippen LogP contribution < -0.4 is 0 Å². The van der Waals surface area contributed by atoms with E-state index in [1.54, 1.807) is 13.2 Å². The molecule has 1 heterocycles. The van der Waals surface area contributed by atoms with Crippen molar-refractivity contribution in [1.29, 1.82) is 0 Å². The van der Waals surface area contributed by atoms with Crippen LogP contribution in [0, 0.1) is 5.92 Å². The SMILES string of the molecule is C[C@H](C[S@](C)=O)C(=O)N1CCC[C@H]1C(=O)O. The zero-order chi connectivity index (χ0) is 12.3. The van der Waals surface area contributed by atoms with E-state index in [1.807, 2.05) is 0 Å². The molecule has 0 saturated carbocycles. The van der Waals surface area contributed by atoms with E-state index in [0.29, 0.717) is 18.7 Å². The average molecular weight is 247 g/mol. The third-order valence-corrected chi connectivity index (χ3v) is 3.70. The number of carboxylic acids is 1. The number of rotatable bonds is 4. The van der Waals surface area contributed by atoms with E-state index < -0.39 is 22.8 Å². The Labute approximate surface area is 97.3 Å². The van der Waals surface area contributed by atoms with Crippen LogP contribution in [0.25, 0.3) is 0 Å². The fourth-order valence-electron chi connectivity index (χ4n) is 1.99. The van der Waals surface area contributed by atoms with Gasteiger partial charge in [-0.3, -0.25) is 9.00 Å². The van der Waals surface area contributed by atoms with E-state index in [1.165, 1.54) is 4.90 Å². The first-order valence-electron chi connectivity index (χ1n) is 5.26. The number of carbonyl (C=O) groups excluding carboxylic acids is 1. The molecule has 0 aromatic rings. The first kappa shape index (κ1) is 13.2. The fraction of sp³-hybridized carbons (Fsp3) is 0.800. The Morgan fingerprint density at radius 2 is 2.19 bits per heavy atom. The van der Waals surface area contributed by atoms with Crippen molar-refractivity contribution in [3.63, 3.8) is 0 Å². The molecule has 0 unspecified atom stereocenters. The van der Waals surface area contributed by atoms with Crippen LogP contribution in [0.4, 0.5) is 0 Å². The molecule has 16 heavy (non-hydrogen) atoms. The second kappa shape index (κ2) is 5.43. The molecule has 3 atom stereocenters. The van der Waals surface area contributed by atoms with Crippen molar-refractivity contribution < 1.29 is 18.9 Å². The number of amides is 1. The zero-order valence-corrected chi connectivity index (χ0v) is 10.3. The second-order valence-electron chi connectivity index (χ2n) is 4.17. The molecule has 6 heteroatoms. The molecule has 0 aromatic heterocycles. The van der Waals surface area contributed by atoms with Crippen LogP contribution in [0.3, 0.4) is 0 Å². The highest BCUT2D eigenvalue weighted by molar-refractivity contribution is 7.84. The molecule has 0 aliphatic carbocycles. The minimum atomic E-state index is -1.03. The number of carbonyl (C=O) groups is 2. The predicted octanol–water partition coefficient (Wildman–Crippen LogP) is 0.0766. The molecule has 0 spiro atoms. The smallest absolute Gasteiger partial charge is 0.326 e. The van der Waals surface area contributed by atoms with Crippen LogP contribution in [0.2, 0.25) is 0 Å². The maximum Gasteiger partial charge on any atom is 0.326 e. The lowest BCUT2D eigenvalue weighted by Crippen LogP contribution is -2.43. The molecule has 0 bridgehead atoms. The topological polar surface area (TPSA) is 74.7 Å². The number of nitrogens with zero attached hydrogens (tertiary/aromatic N) is 1. The summed E-state index contributed by atoms with van der Waals surface area (Å²) in [5, 5.41) is 8.94. The van der Waals surface area contributed by atoms with Crippen LogP contribution >= 0.6 is 0 Å². The Kier molecular flexibility index (Phi) is 4.46. The molecular formula is C10H17NO4S. The lowest BCUT2D eigenvalue weighted by Gasteiger charge is -2.24. The molecule has 0 aromatic carbocycles. The van der Waals surface area contributed by atoms with Crippen molar-refractivity contribution in [2.45, 2.75) is 25.8 Å². The highest BCUT2D eigenvalue weighted by atomic mass is 32.2. The minimum absolute atomic E-state index is 0.194. The largest absolute Gasteiger partial charge is 0.480 e. The number of likely N-dealkylation sites (tertiary alicyclic amines) is 1. The average Bonchev–Trinajstić information content (AvgIpc) is 2.63. The van der Waals surface area contributed by atoms with Crippen LogP contribution in [0.5, 0.6) is 0 Å². The first-order chi connectivity index (χ1) is 7.43. The van der Waals surface area contributed by atoms with E-state index in [-0.39, 0.29) is 11.8 Å². The van der Waals surface area contributed by atoms with Gasteiger partial charge in [-0.1, -0.05) is 6.92 Å². The van der Waals surface area contributed by atoms with Gasteiger partial charge in [0.05, 0.1) is 0 Å². The third kappa shape index (κ3) is 3.04. The Morgan fingerprint density at radius 3 is 2.69 bits per heavy atom. The summed E-state index contributed by atoms with van der Waals surface area (Å²) in [7, 11) is -1.03. The molecule has 0 radical (unpaired) electrons. The van der Waals surface area contributed by atoms with Gasteiger partial charge in [-0.05, 0) is 12.8 Å². The molecule has 1 N–H and O–H groups in total. The highest BCUT2D eigenvalue weighted by Gasteiger charge is 2.35. The summed E-state index contributed by atoms with van der Waals surface area (Å²) >= 11 is 0. The van der Waals surface area contributed by atoms with Crippen LogP contribution in [-0.2, 0) is 20.4 Å². The lowest BCUT2D eigenvalue weighted by molar-refractivity contribution is -0.149. The summed E-state index contributed by atoms with van der Waals surface area (Å²) in [6.45, 7) is 2.19. The molecule has 1 aliphatic rings. The van der Waals surface area contributed by atoms with Gasteiger partial charge < -0.3 is 10.0 Å². The summed E-state index contributed by atoms with van der Waals surface area (Å²) in [5.74, 6) is -1.22. The maximum absolute atomic E-state index is 11.9. The summed E-state index contributed by atoms with van der Waals surface area (Å²) < 4.78 is 11.0. The number of hydrogen-bond donors (Lipinski definition) is 1. The molecule has 1 amide bonds. The lowest BCUT2D eigenvalue weighted by atomic mass is 10.1. The van der Waals surface area contributed by atoms with Crippen molar-refractivity contribution in [2.24, 2.45) is 5.92 Å². The van der Waals surface area contributed by atoms with Crippen molar-refractivity contribution in [2.75, 3.05) is 18.6 Å². The fourth-order valence-corrected chi connectivity index (χ4v) is 2.84. The van der Waals surface area contributed by atoms with E-state index in [4.69, 9.17) is 5.11 Å². The Morgan fingerprint density at radius 1 is 1.56 bits per heavy atom. The number of hydrogen-bond acceptors (Lipinski definition) is 3. The van der Waals surface area contributed by atoms with Gasteiger partial charge >= 0.3 is 5.97 Å². The first-order valence-corrected chi connectivity index (χ1v) is 6.99. The summed E-state index contributed by atoms with van der Waals surface area (Å²) in [5.41, 5.74) is 0. The summed E-state index contributed by atoms with van der Waals surface area (Å²) in [6, 6.07) is -0.694. The van der Waals surface area contributed by atoms with Gasteiger partial charge in [0.15, 0.2) is 0 Å². The summed E-state index contributed by atoms with van der Waals surface area (Å²) in [4.78, 5) is 24.2. The quantitative estimate of drug-likeness (QED) is 0.763. The predicted molar refractivity (Wildman–Crippen MR) is 60.5 cm³/mol. The van der Waals surface area contributed by atoms with Crippen molar-refractivity contribution >= 4 is 22.7 Å². The van der Waals surface area contributed by atoms with Crippen molar-refractivity contribution in [3.8, 4) is 0 Å². The van der Waals surface area contributed by atoms with Crippen LogP contribution in [0.1, 0.15) is 19.8 Å². The highest BCUT2D eigenvalue weighted by Crippen LogP contribution is 2.20. The normalized spacial score (nSPS) is 24.1. The molecule has 1 saturated heterocycles. The maximum atomic E-state index is 11.9. The van der Waals surface area contributed by atoms with Gasteiger partial charge in [-0.25, -0.2) is 4.79 Å². The van der Waals surface area contributed by atoms with Gasteiger partial charge in [0.1, 0.15) is 6.04 Å². The van der Waals surface area contributed by atoms with E-state index in [9.17, 15) is 13.8 Å². The molecule has 5 nitrogen and oxygen atoms in total. The van der Waals surface area contributed by atoms with E-state index in [2.05, 4.69) is 0 Å². The van der Waals surface area contributed by atoms with E-state index in [0.717, 1.165) is 6.42 Å². The Hall–Kier alpha value is -0.910. The van der Waals surface area contributed by atoms with Gasteiger partial charge in [0.2, 0.25) is 5.91 Å². The third-order valence-electron chi connectivity index (χ3n) is 2.73. The minimum Gasteiger partial charge on any atom is -0.480 e. The molecule has 1 aliphatic heterocycles. The molecule has 1 rings (SSSR count). The summed E-state index contributed by atoms with van der Waals surface area (Å²) in [6.07, 6.45) is 2.79. The standard InChI is InChI=1S/C10H17NO4S/c1-7(6-16(2)15)9(12)11-5-3-4-8(11)10(13)14/h7-8H,3-6H2,1-2H3,(H,13,14)/t7-,8+,16+/m1/s1. The number of carboxylic acid groups (broad SMARTS) is 1. The molecular weight excluding hydrogens is 230 g/mol. The van der Waals surface area contributed by atoms with Crippen LogP contribution in [-0.4, -0.2) is 50.7 Å². The van der Waals surface area contributed by atoms with Gasteiger partial charge in [0, 0.05) is 35.3 Å². The Balaban J connectivity index is 2.65. The van der Waals surface area contributed by atoms with Crippen molar-refractivity contribution in [1.82, 2.24) is 4.90 Å². The molecule has 1 fully saturated rings. The van der Waals surface area contributed by atoms with E-state index >= 15 is 0 Å². The van der Waals surface area contributed by atoms with Gasteiger partial charge in [0.25, 0.3) is 0 Å². The second-order valence-corrected chi connectivity index (χ2v) is 5.65. The van der Waals surface area contributed by atoms with Crippen LogP contribution in [0.15, 0.2) is 0 Å². The van der Waals surface area contributed by atoms with Gasteiger partial charge in [-0.15, -0.1) is 0 Å².